The summed E-state index contributed by atoms with van der Waals surface area (Å²) in [4.78, 5) is 13.5. The highest BCUT2D eigenvalue weighted by molar-refractivity contribution is 6.09. The summed E-state index contributed by atoms with van der Waals surface area (Å²) < 4.78 is 19.2. The minimum Gasteiger partial charge on any atom is -0.497 e. The van der Waals surface area contributed by atoms with Gasteiger partial charge in [0.15, 0.2) is 0 Å². The van der Waals surface area contributed by atoms with Crippen molar-refractivity contribution in [3.8, 4) is 22.6 Å². The van der Waals surface area contributed by atoms with Gasteiger partial charge in [0.05, 0.1) is 20.3 Å². The molecule has 1 saturated carbocycles. The number of carbonyl (C=O) groups is 1. The monoisotopic (exact) mass is 495 g/mol. The second kappa shape index (κ2) is 11.0. The van der Waals surface area contributed by atoms with Gasteiger partial charge in [-0.2, -0.15) is 0 Å². The molecule has 0 atom stereocenters. The Kier molecular flexibility index (Phi) is 7.31. The van der Waals surface area contributed by atoms with Gasteiger partial charge >= 0.3 is 5.97 Å². The molecule has 0 N–H and O–H groups in total. The predicted octanol–water partition coefficient (Wildman–Crippen LogP) is 7.06. The molecule has 1 heterocycles. The molecule has 0 spiro atoms. The van der Waals surface area contributed by atoms with Crippen LogP contribution in [-0.4, -0.2) is 30.9 Å². The minimum absolute atomic E-state index is 0.297. The van der Waals surface area contributed by atoms with Crippen molar-refractivity contribution in [2.45, 2.75) is 32.7 Å². The number of carbonyl (C=O) groups excluding carboxylic acids is 1. The minimum atomic E-state index is -0.342. The maximum Gasteiger partial charge on any atom is 0.355 e. The molecule has 0 amide bonds. The van der Waals surface area contributed by atoms with E-state index in [2.05, 4.69) is 29.3 Å². The van der Waals surface area contributed by atoms with Crippen LogP contribution in [0, 0.1) is 5.92 Å². The van der Waals surface area contributed by atoms with Crippen molar-refractivity contribution in [1.82, 2.24) is 4.57 Å². The van der Waals surface area contributed by atoms with E-state index in [0.717, 1.165) is 57.7 Å². The normalized spacial score (nSPS) is 12.9. The third-order valence-corrected chi connectivity index (χ3v) is 6.76. The van der Waals surface area contributed by atoms with E-state index in [4.69, 9.17) is 14.2 Å². The van der Waals surface area contributed by atoms with Crippen molar-refractivity contribution in [2.75, 3.05) is 20.3 Å². The van der Waals surface area contributed by atoms with E-state index in [1.165, 1.54) is 12.8 Å². The lowest BCUT2D eigenvalue weighted by atomic mass is 9.99. The molecule has 1 fully saturated rings. The number of allylic oxidation sites excluding steroid dienone is 1. The lowest BCUT2D eigenvalue weighted by Gasteiger charge is -2.13. The van der Waals surface area contributed by atoms with Crippen LogP contribution >= 0.6 is 0 Å². The molecule has 0 aliphatic heterocycles. The van der Waals surface area contributed by atoms with E-state index >= 15 is 0 Å². The predicted molar refractivity (Wildman–Crippen MR) is 148 cm³/mol. The summed E-state index contributed by atoms with van der Waals surface area (Å²) in [6, 6.07) is 22.3. The summed E-state index contributed by atoms with van der Waals surface area (Å²) in [6.45, 7) is 7.27. The number of fused-ring (bicyclic) bond motifs is 1. The van der Waals surface area contributed by atoms with Gasteiger partial charge in [0.25, 0.3) is 0 Å². The molecule has 3 aromatic carbocycles. The Labute approximate surface area is 218 Å². The zero-order chi connectivity index (χ0) is 25.8. The lowest BCUT2D eigenvalue weighted by molar-refractivity contribution is 0.0516. The molecule has 37 heavy (non-hydrogen) atoms. The fraction of sp³-hybridized carbons (Fsp3) is 0.281. The van der Waals surface area contributed by atoms with Gasteiger partial charge in [0, 0.05) is 23.0 Å². The first-order valence-corrected chi connectivity index (χ1v) is 12.9. The number of hydrogen-bond donors (Lipinski definition) is 0. The van der Waals surface area contributed by atoms with Crippen LogP contribution < -0.4 is 9.47 Å². The Hall–Kier alpha value is -3.99. The molecule has 0 unspecified atom stereocenters. The van der Waals surface area contributed by atoms with Crippen LogP contribution in [0.4, 0.5) is 0 Å². The van der Waals surface area contributed by atoms with Crippen LogP contribution in [0.5, 0.6) is 11.5 Å². The van der Waals surface area contributed by atoms with Crippen LogP contribution in [0.15, 0.2) is 79.4 Å². The maximum atomic E-state index is 13.5. The molecule has 1 aliphatic carbocycles. The van der Waals surface area contributed by atoms with Crippen LogP contribution in [-0.2, 0) is 17.7 Å². The quantitative estimate of drug-likeness (QED) is 0.165. The van der Waals surface area contributed by atoms with E-state index < -0.39 is 0 Å². The van der Waals surface area contributed by atoms with Crippen LogP contribution in [0.2, 0.25) is 0 Å². The third-order valence-electron chi connectivity index (χ3n) is 6.76. The number of esters is 1. The summed E-state index contributed by atoms with van der Waals surface area (Å²) >= 11 is 0. The SMILES string of the molecule is C=CCc1ccc2c(c1)c(-c1cccc(OCC3CC3)c1)c(C(=O)OCC)n2Cc1cccc(OC)c1. The largest absolute Gasteiger partial charge is 0.497 e. The molecular weight excluding hydrogens is 462 g/mol. The van der Waals surface area contributed by atoms with Gasteiger partial charge in [-0.15, -0.1) is 6.58 Å². The van der Waals surface area contributed by atoms with Gasteiger partial charge < -0.3 is 18.8 Å². The average molecular weight is 496 g/mol. The van der Waals surface area contributed by atoms with Crippen molar-refractivity contribution >= 4 is 16.9 Å². The zero-order valence-electron chi connectivity index (χ0n) is 21.5. The molecule has 4 aromatic rings. The number of ether oxygens (including phenoxy) is 3. The molecule has 190 valence electrons. The van der Waals surface area contributed by atoms with E-state index in [-0.39, 0.29) is 5.97 Å². The van der Waals surface area contributed by atoms with Crippen molar-refractivity contribution in [2.24, 2.45) is 5.92 Å². The van der Waals surface area contributed by atoms with Gasteiger partial charge in [-0.05, 0) is 85.2 Å². The Balaban J connectivity index is 1.71. The Bertz CT molecular complexity index is 1430. The highest BCUT2D eigenvalue weighted by atomic mass is 16.5. The van der Waals surface area contributed by atoms with Crippen LogP contribution in [0.1, 0.15) is 41.4 Å². The molecule has 0 saturated heterocycles. The molecule has 1 aliphatic rings. The summed E-state index contributed by atoms with van der Waals surface area (Å²) in [5.74, 6) is 1.91. The van der Waals surface area contributed by atoms with Crippen LogP contribution in [0.25, 0.3) is 22.0 Å². The second-order valence-electron chi connectivity index (χ2n) is 9.51. The first-order valence-electron chi connectivity index (χ1n) is 12.9. The molecular formula is C32H33NO4. The van der Waals surface area contributed by atoms with Gasteiger partial charge in [-0.3, -0.25) is 0 Å². The smallest absolute Gasteiger partial charge is 0.355 e. The van der Waals surface area contributed by atoms with E-state index in [9.17, 15) is 4.79 Å². The number of benzene rings is 3. The van der Waals surface area contributed by atoms with Gasteiger partial charge in [0.1, 0.15) is 17.2 Å². The number of nitrogens with zero attached hydrogens (tertiary/aromatic N) is 1. The molecule has 5 nitrogen and oxygen atoms in total. The number of rotatable bonds is 11. The van der Waals surface area contributed by atoms with Gasteiger partial charge in [-0.25, -0.2) is 4.79 Å². The van der Waals surface area contributed by atoms with Crippen molar-refractivity contribution in [3.63, 3.8) is 0 Å². The lowest BCUT2D eigenvalue weighted by Crippen LogP contribution is -2.14. The average Bonchev–Trinajstić information content (AvgIpc) is 3.70. The molecule has 1 aromatic heterocycles. The zero-order valence-corrected chi connectivity index (χ0v) is 21.5. The van der Waals surface area contributed by atoms with Gasteiger partial charge in [-0.1, -0.05) is 36.4 Å². The standard InChI is InChI=1S/C32H33NO4/c1-4-8-22-15-16-29-28(18-22)30(25-10-7-12-27(19-25)37-21-23-13-14-23)31(32(34)36-5-2)33(29)20-24-9-6-11-26(17-24)35-3/h4,6-7,9-12,15-19,23H,1,5,8,13-14,20-21H2,2-3H3. The number of aromatic nitrogens is 1. The molecule has 0 bridgehead atoms. The summed E-state index contributed by atoms with van der Waals surface area (Å²) in [5, 5.41) is 1.00. The van der Waals surface area contributed by atoms with Gasteiger partial charge in [0.2, 0.25) is 0 Å². The first kappa shape index (κ1) is 24.7. The highest BCUT2D eigenvalue weighted by Gasteiger charge is 2.26. The third kappa shape index (κ3) is 5.41. The van der Waals surface area contributed by atoms with E-state index in [1.807, 2.05) is 61.5 Å². The summed E-state index contributed by atoms with van der Waals surface area (Å²) in [5.41, 5.74) is 5.47. The summed E-state index contributed by atoms with van der Waals surface area (Å²) in [6.07, 6.45) is 5.11. The van der Waals surface area contributed by atoms with E-state index in [1.54, 1.807) is 7.11 Å². The Morgan fingerprint density at radius 3 is 2.59 bits per heavy atom. The van der Waals surface area contributed by atoms with Crippen molar-refractivity contribution < 1.29 is 19.0 Å². The molecule has 5 heteroatoms. The fourth-order valence-corrected chi connectivity index (χ4v) is 4.76. The van der Waals surface area contributed by atoms with E-state index in [0.29, 0.717) is 24.8 Å². The van der Waals surface area contributed by atoms with Crippen LogP contribution in [0.3, 0.4) is 0 Å². The fourth-order valence-electron chi connectivity index (χ4n) is 4.76. The Morgan fingerprint density at radius 1 is 1.03 bits per heavy atom. The second-order valence-corrected chi connectivity index (χ2v) is 9.51. The Morgan fingerprint density at radius 2 is 1.84 bits per heavy atom. The first-order chi connectivity index (χ1) is 18.1. The number of methoxy groups -OCH3 is 1. The highest BCUT2D eigenvalue weighted by Crippen LogP contribution is 2.39. The molecule has 5 rings (SSSR count). The van der Waals surface area contributed by atoms with Crippen molar-refractivity contribution in [1.29, 1.82) is 0 Å². The summed E-state index contributed by atoms with van der Waals surface area (Å²) in [7, 11) is 1.66. The number of hydrogen-bond acceptors (Lipinski definition) is 4. The molecule has 0 radical (unpaired) electrons. The van der Waals surface area contributed by atoms with Crippen molar-refractivity contribution in [3.05, 3.63) is 96.2 Å². The topological polar surface area (TPSA) is 49.7 Å². The maximum absolute atomic E-state index is 13.5.